The molecule has 4 nitrogen and oxygen atoms in total. The molecule has 4 heteroatoms. The average Bonchev–Trinajstić information content (AvgIpc) is 3.04. The number of rotatable bonds is 3. The number of carbonyl (C=O) groups excluding carboxylic acids is 2. The Hall–Kier alpha value is -2.04. The second-order valence-electron chi connectivity index (χ2n) is 10.4. The van der Waals surface area contributed by atoms with Gasteiger partial charge in [-0.3, -0.25) is 9.59 Å². The second-order valence-corrected chi connectivity index (χ2v) is 10.4. The molecule has 0 saturated heterocycles. The molecule has 0 aromatic heterocycles. The minimum Gasteiger partial charge on any atom is -0.388 e. The van der Waals surface area contributed by atoms with Crippen LogP contribution in [-0.4, -0.2) is 34.0 Å². The highest BCUT2D eigenvalue weighted by Crippen LogP contribution is 2.66. The third-order valence-electron chi connectivity index (χ3n) is 8.97. The summed E-state index contributed by atoms with van der Waals surface area (Å²) < 4.78 is 0. The maximum absolute atomic E-state index is 12.7. The van der Waals surface area contributed by atoms with E-state index in [4.69, 9.17) is 0 Å². The highest BCUT2D eigenvalue weighted by molar-refractivity contribution is 5.93. The zero-order valence-electron chi connectivity index (χ0n) is 18.5. The summed E-state index contributed by atoms with van der Waals surface area (Å²) in [5.74, 6) is 0.446. The Balaban J connectivity index is 1.69. The zero-order chi connectivity index (χ0) is 22.0. The molecule has 1 aromatic rings. The van der Waals surface area contributed by atoms with Crippen LogP contribution in [0.5, 0.6) is 0 Å². The Bertz CT molecular complexity index is 1000. The van der Waals surface area contributed by atoms with Crippen LogP contribution in [0.25, 0.3) is 0 Å². The van der Waals surface area contributed by atoms with Crippen LogP contribution in [0, 0.1) is 24.2 Å². The third-order valence-corrected chi connectivity index (χ3v) is 8.97. The summed E-state index contributed by atoms with van der Waals surface area (Å²) in [6.07, 6.45) is 7.03. The first-order chi connectivity index (χ1) is 14.8. The van der Waals surface area contributed by atoms with Crippen LogP contribution in [0.1, 0.15) is 68.9 Å². The first kappa shape index (κ1) is 20.8. The molecule has 4 aliphatic carbocycles. The Kier molecular flexibility index (Phi) is 4.87. The van der Waals surface area contributed by atoms with Gasteiger partial charge in [0.2, 0.25) is 0 Å². The van der Waals surface area contributed by atoms with E-state index in [0.717, 1.165) is 25.7 Å². The number of aliphatic hydroxyl groups excluding tert-OH is 1. The van der Waals surface area contributed by atoms with E-state index in [1.165, 1.54) is 27.8 Å². The van der Waals surface area contributed by atoms with Crippen molar-refractivity contribution < 1.29 is 19.8 Å². The fraction of sp³-hybridized carbons (Fsp3) is 0.556. The standard InChI is InChI=1S/C27H32O4/c1-16-3-5-17(6-4-16)22-14-26(2)23(11-12-27(26,31)24(30)15-28)21-9-7-18-13-19(29)8-10-20(18)25(21)22/h3-6,13,21-23,28,31H,7-12,14-15H2,1-2H3/t21?,22-,23?,26+,27+/m1/s1. The highest BCUT2D eigenvalue weighted by atomic mass is 16.3. The van der Waals surface area contributed by atoms with Gasteiger partial charge in [0.25, 0.3) is 0 Å². The van der Waals surface area contributed by atoms with Crippen molar-refractivity contribution in [3.63, 3.8) is 0 Å². The van der Waals surface area contributed by atoms with Gasteiger partial charge < -0.3 is 10.2 Å². The highest BCUT2D eigenvalue weighted by Gasteiger charge is 2.65. The van der Waals surface area contributed by atoms with Gasteiger partial charge in [0, 0.05) is 17.8 Å². The van der Waals surface area contributed by atoms with Crippen molar-refractivity contribution in [2.45, 2.75) is 70.3 Å². The molecule has 2 fully saturated rings. The van der Waals surface area contributed by atoms with Crippen molar-refractivity contribution >= 4 is 11.6 Å². The van der Waals surface area contributed by atoms with E-state index < -0.39 is 23.4 Å². The smallest absolute Gasteiger partial charge is 0.190 e. The molecule has 0 spiro atoms. The van der Waals surface area contributed by atoms with Crippen molar-refractivity contribution in [2.75, 3.05) is 6.61 Å². The van der Waals surface area contributed by atoms with Crippen molar-refractivity contribution in [3.05, 3.63) is 58.2 Å². The molecular weight excluding hydrogens is 388 g/mol. The first-order valence-electron chi connectivity index (χ1n) is 11.7. The van der Waals surface area contributed by atoms with Gasteiger partial charge >= 0.3 is 0 Å². The third kappa shape index (κ3) is 2.95. The molecule has 31 heavy (non-hydrogen) atoms. The molecule has 0 radical (unpaired) electrons. The quantitative estimate of drug-likeness (QED) is 0.769. The first-order valence-corrected chi connectivity index (χ1v) is 11.7. The summed E-state index contributed by atoms with van der Waals surface area (Å²) >= 11 is 0. The summed E-state index contributed by atoms with van der Waals surface area (Å²) in [4.78, 5) is 24.8. The number of aryl methyl sites for hydroxylation is 1. The van der Waals surface area contributed by atoms with E-state index in [1.54, 1.807) is 0 Å². The molecule has 2 saturated carbocycles. The Morgan fingerprint density at radius 1 is 1.13 bits per heavy atom. The topological polar surface area (TPSA) is 74.6 Å². The van der Waals surface area contributed by atoms with Crippen LogP contribution in [0.15, 0.2) is 47.1 Å². The van der Waals surface area contributed by atoms with Gasteiger partial charge in [-0.05, 0) is 80.1 Å². The predicted molar refractivity (Wildman–Crippen MR) is 118 cm³/mol. The number of ketones is 2. The monoisotopic (exact) mass is 420 g/mol. The summed E-state index contributed by atoms with van der Waals surface area (Å²) in [6, 6.07) is 8.63. The van der Waals surface area contributed by atoms with E-state index in [-0.39, 0.29) is 17.6 Å². The van der Waals surface area contributed by atoms with Gasteiger partial charge in [0.05, 0.1) is 0 Å². The number of carbonyl (C=O) groups is 2. The maximum Gasteiger partial charge on any atom is 0.190 e. The van der Waals surface area contributed by atoms with Gasteiger partial charge in [-0.2, -0.15) is 0 Å². The molecule has 0 bridgehead atoms. The molecule has 4 aliphatic rings. The number of aliphatic hydroxyl groups is 2. The molecule has 2 unspecified atom stereocenters. The van der Waals surface area contributed by atoms with Crippen LogP contribution in [0.2, 0.25) is 0 Å². The number of fused-ring (bicyclic) bond motifs is 4. The van der Waals surface area contributed by atoms with Crippen molar-refractivity contribution in [1.29, 1.82) is 0 Å². The number of benzene rings is 1. The Morgan fingerprint density at radius 3 is 2.58 bits per heavy atom. The number of Topliss-reactive ketones (excluding diaryl/α,β-unsaturated/α-hetero) is 1. The zero-order valence-corrected chi connectivity index (χ0v) is 18.5. The van der Waals surface area contributed by atoms with E-state index >= 15 is 0 Å². The molecular formula is C27H32O4. The summed E-state index contributed by atoms with van der Waals surface area (Å²) in [5.41, 5.74) is 4.43. The molecule has 5 atom stereocenters. The molecule has 0 aliphatic heterocycles. The normalized spacial score (nSPS) is 37.1. The lowest BCUT2D eigenvalue weighted by Gasteiger charge is -2.54. The molecule has 0 amide bonds. The summed E-state index contributed by atoms with van der Waals surface area (Å²) in [7, 11) is 0. The lowest BCUT2D eigenvalue weighted by molar-refractivity contribution is -0.158. The lowest BCUT2D eigenvalue weighted by Crippen LogP contribution is -2.56. The largest absolute Gasteiger partial charge is 0.388 e. The lowest BCUT2D eigenvalue weighted by atomic mass is 9.50. The predicted octanol–water partition coefficient (Wildman–Crippen LogP) is 4.19. The van der Waals surface area contributed by atoms with E-state index in [9.17, 15) is 19.8 Å². The minimum absolute atomic E-state index is 0.120. The van der Waals surface area contributed by atoms with Gasteiger partial charge in [-0.1, -0.05) is 42.3 Å². The van der Waals surface area contributed by atoms with Crippen LogP contribution in [0.3, 0.4) is 0 Å². The van der Waals surface area contributed by atoms with E-state index in [2.05, 4.69) is 38.1 Å². The van der Waals surface area contributed by atoms with E-state index in [1.807, 2.05) is 6.08 Å². The SMILES string of the molecule is Cc1ccc([C@H]2C[C@@]3(C)C(CC[C@]3(O)C(=O)CO)C3CCC4=CC(=O)CCC4=C32)cc1. The molecule has 1 aromatic carbocycles. The number of hydrogen-bond donors (Lipinski definition) is 2. The average molecular weight is 421 g/mol. The maximum atomic E-state index is 12.7. The van der Waals surface area contributed by atoms with Crippen LogP contribution < -0.4 is 0 Å². The summed E-state index contributed by atoms with van der Waals surface area (Å²) in [5, 5.41) is 21.2. The minimum atomic E-state index is -1.47. The Labute approximate surface area is 184 Å². The van der Waals surface area contributed by atoms with Crippen molar-refractivity contribution in [1.82, 2.24) is 0 Å². The number of hydrogen-bond acceptors (Lipinski definition) is 4. The van der Waals surface area contributed by atoms with Gasteiger partial charge in [-0.15, -0.1) is 0 Å². The van der Waals surface area contributed by atoms with Gasteiger partial charge in [0.15, 0.2) is 11.6 Å². The summed E-state index contributed by atoms with van der Waals surface area (Å²) in [6.45, 7) is 3.55. The van der Waals surface area contributed by atoms with Crippen LogP contribution >= 0.6 is 0 Å². The van der Waals surface area contributed by atoms with E-state index in [0.29, 0.717) is 25.2 Å². The van der Waals surface area contributed by atoms with Crippen molar-refractivity contribution in [2.24, 2.45) is 17.3 Å². The molecule has 2 N–H and O–H groups in total. The second kappa shape index (κ2) is 7.25. The fourth-order valence-electron chi connectivity index (χ4n) is 7.35. The van der Waals surface area contributed by atoms with Crippen LogP contribution in [0.4, 0.5) is 0 Å². The van der Waals surface area contributed by atoms with Gasteiger partial charge in [-0.25, -0.2) is 0 Å². The number of allylic oxidation sites excluding steroid dienone is 4. The fourth-order valence-corrected chi connectivity index (χ4v) is 7.35. The molecule has 164 valence electrons. The molecule has 5 rings (SSSR count). The Morgan fingerprint density at radius 2 is 1.87 bits per heavy atom. The molecule has 0 heterocycles. The van der Waals surface area contributed by atoms with Crippen LogP contribution in [-0.2, 0) is 9.59 Å². The van der Waals surface area contributed by atoms with Crippen molar-refractivity contribution in [3.8, 4) is 0 Å². The van der Waals surface area contributed by atoms with Gasteiger partial charge in [0.1, 0.15) is 12.2 Å².